The SMILES string of the molecule is COCCc1ccc(Oc2ccc(Cl)c(CCl)n2)cc1. The van der Waals surface area contributed by atoms with Gasteiger partial charge in [-0.3, -0.25) is 0 Å². The van der Waals surface area contributed by atoms with Crippen LogP contribution in [0.15, 0.2) is 36.4 Å². The van der Waals surface area contributed by atoms with Crippen LogP contribution >= 0.6 is 23.2 Å². The molecular formula is C15H15Cl2NO2. The normalized spacial score (nSPS) is 10.6. The lowest BCUT2D eigenvalue weighted by Crippen LogP contribution is -1.95. The Morgan fingerprint density at radius 2 is 1.85 bits per heavy atom. The Balaban J connectivity index is 2.06. The summed E-state index contributed by atoms with van der Waals surface area (Å²) in [6.07, 6.45) is 0.881. The van der Waals surface area contributed by atoms with E-state index in [4.69, 9.17) is 32.7 Å². The van der Waals surface area contributed by atoms with Gasteiger partial charge in [0.25, 0.3) is 0 Å². The van der Waals surface area contributed by atoms with Crippen molar-refractivity contribution in [3.8, 4) is 11.6 Å². The molecule has 0 aliphatic carbocycles. The maximum Gasteiger partial charge on any atom is 0.219 e. The number of benzene rings is 1. The molecule has 0 radical (unpaired) electrons. The fourth-order valence-electron chi connectivity index (χ4n) is 1.68. The Hall–Kier alpha value is -1.29. The smallest absolute Gasteiger partial charge is 0.219 e. The van der Waals surface area contributed by atoms with Gasteiger partial charge in [0.15, 0.2) is 0 Å². The van der Waals surface area contributed by atoms with E-state index in [0.29, 0.717) is 23.2 Å². The second kappa shape index (κ2) is 7.48. The maximum atomic E-state index is 5.95. The Morgan fingerprint density at radius 3 is 2.50 bits per heavy atom. The van der Waals surface area contributed by atoms with Gasteiger partial charge in [-0.15, -0.1) is 11.6 Å². The number of ether oxygens (including phenoxy) is 2. The molecule has 0 fully saturated rings. The van der Waals surface area contributed by atoms with Gasteiger partial charge in [-0.1, -0.05) is 23.7 Å². The summed E-state index contributed by atoms with van der Waals surface area (Å²) in [6.45, 7) is 0.706. The van der Waals surface area contributed by atoms with Gasteiger partial charge < -0.3 is 9.47 Å². The highest BCUT2D eigenvalue weighted by Crippen LogP contribution is 2.24. The third-order valence-corrected chi connectivity index (χ3v) is 3.36. The third-order valence-electron chi connectivity index (χ3n) is 2.76. The van der Waals surface area contributed by atoms with E-state index in [2.05, 4.69) is 4.98 Å². The van der Waals surface area contributed by atoms with Crippen LogP contribution in [0.2, 0.25) is 5.02 Å². The predicted molar refractivity (Wildman–Crippen MR) is 80.9 cm³/mol. The van der Waals surface area contributed by atoms with Gasteiger partial charge >= 0.3 is 0 Å². The van der Waals surface area contributed by atoms with E-state index in [1.54, 1.807) is 19.2 Å². The van der Waals surface area contributed by atoms with Gasteiger partial charge in [0, 0.05) is 13.2 Å². The summed E-state index contributed by atoms with van der Waals surface area (Å²) in [5.74, 6) is 1.46. The quantitative estimate of drug-likeness (QED) is 0.738. The molecule has 0 N–H and O–H groups in total. The van der Waals surface area contributed by atoms with E-state index < -0.39 is 0 Å². The van der Waals surface area contributed by atoms with Gasteiger partial charge in [-0.25, -0.2) is 4.98 Å². The molecule has 1 aromatic carbocycles. The molecule has 0 spiro atoms. The molecule has 0 saturated carbocycles. The van der Waals surface area contributed by atoms with Gasteiger partial charge in [-0.05, 0) is 30.2 Å². The molecule has 1 heterocycles. The first-order chi connectivity index (χ1) is 9.72. The van der Waals surface area contributed by atoms with Crippen LogP contribution < -0.4 is 4.74 Å². The van der Waals surface area contributed by atoms with E-state index in [1.165, 1.54) is 5.56 Å². The van der Waals surface area contributed by atoms with Gasteiger partial charge in [0.1, 0.15) is 5.75 Å². The zero-order chi connectivity index (χ0) is 14.4. The summed E-state index contributed by atoms with van der Waals surface area (Å²) in [7, 11) is 1.69. The van der Waals surface area contributed by atoms with Crippen molar-refractivity contribution in [2.45, 2.75) is 12.3 Å². The zero-order valence-corrected chi connectivity index (χ0v) is 12.6. The topological polar surface area (TPSA) is 31.4 Å². The number of rotatable bonds is 6. The van der Waals surface area contributed by atoms with Crippen molar-refractivity contribution in [2.24, 2.45) is 0 Å². The Bertz CT molecular complexity index is 558. The molecular weight excluding hydrogens is 297 g/mol. The fourth-order valence-corrected chi connectivity index (χ4v) is 2.12. The van der Waals surface area contributed by atoms with Crippen LogP contribution in [0.3, 0.4) is 0 Å². The minimum absolute atomic E-state index is 0.256. The highest BCUT2D eigenvalue weighted by molar-refractivity contribution is 6.32. The summed E-state index contributed by atoms with van der Waals surface area (Å²) in [5, 5.41) is 0.544. The lowest BCUT2D eigenvalue weighted by atomic mass is 10.1. The van der Waals surface area contributed by atoms with Crippen molar-refractivity contribution in [2.75, 3.05) is 13.7 Å². The average Bonchev–Trinajstić information content (AvgIpc) is 2.48. The van der Waals surface area contributed by atoms with Crippen LogP contribution in [0.4, 0.5) is 0 Å². The van der Waals surface area contributed by atoms with Crippen LogP contribution in [0.1, 0.15) is 11.3 Å². The predicted octanol–water partition coefficient (Wildman–Crippen LogP) is 4.46. The van der Waals surface area contributed by atoms with Gasteiger partial charge in [0.05, 0.1) is 23.2 Å². The number of methoxy groups -OCH3 is 1. The summed E-state index contributed by atoms with van der Waals surface area (Å²) < 4.78 is 10.7. The van der Waals surface area contributed by atoms with Crippen LogP contribution in [0, 0.1) is 0 Å². The first-order valence-electron chi connectivity index (χ1n) is 6.20. The summed E-state index contributed by atoms with van der Waals surface area (Å²) in [5.41, 5.74) is 1.81. The molecule has 3 nitrogen and oxygen atoms in total. The molecule has 0 aliphatic heterocycles. The molecule has 1 aromatic heterocycles. The molecule has 0 unspecified atom stereocenters. The summed E-state index contributed by atoms with van der Waals surface area (Å²) >= 11 is 11.7. The molecule has 0 bridgehead atoms. The van der Waals surface area contributed by atoms with E-state index in [9.17, 15) is 0 Å². The van der Waals surface area contributed by atoms with E-state index in [0.717, 1.165) is 12.2 Å². The number of hydrogen-bond donors (Lipinski definition) is 0. The lowest BCUT2D eigenvalue weighted by molar-refractivity contribution is 0.202. The first kappa shape index (κ1) is 15.1. The monoisotopic (exact) mass is 311 g/mol. The van der Waals surface area contributed by atoms with Crippen molar-refractivity contribution in [1.82, 2.24) is 4.98 Å². The molecule has 0 saturated heterocycles. The largest absolute Gasteiger partial charge is 0.439 e. The van der Waals surface area contributed by atoms with Crippen LogP contribution in [-0.4, -0.2) is 18.7 Å². The standard InChI is InChI=1S/C15H15Cl2NO2/c1-19-9-8-11-2-4-12(5-3-11)20-15-7-6-13(17)14(10-16)18-15/h2-7H,8-10H2,1H3. The van der Waals surface area contributed by atoms with Crippen LogP contribution in [0.25, 0.3) is 0 Å². The minimum atomic E-state index is 0.256. The minimum Gasteiger partial charge on any atom is -0.439 e. The molecule has 5 heteroatoms. The first-order valence-corrected chi connectivity index (χ1v) is 7.11. The lowest BCUT2D eigenvalue weighted by Gasteiger charge is -2.07. The van der Waals surface area contributed by atoms with Crippen molar-refractivity contribution >= 4 is 23.2 Å². The molecule has 20 heavy (non-hydrogen) atoms. The second-order valence-corrected chi connectivity index (χ2v) is 4.87. The zero-order valence-electron chi connectivity index (χ0n) is 11.1. The molecule has 2 rings (SSSR count). The van der Waals surface area contributed by atoms with Crippen molar-refractivity contribution in [3.63, 3.8) is 0 Å². The molecule has 0 aliphatic rings. The number of nitrogens with zero attached hydrogens (tertiary/aromatic N) is 1. The number of alkyl halides is 1. The number of aromatic nitrogens is 1. The number of hydrogen-bond acceptors (Lipinski definition) is 3. The molecule has 0 atom stereocenters. The Kier molecular flexibility index (Phi) is 5.65. The summed E-state index contributed by atoms with van der Waals surface area (Å²) in [4.78, 5) is 4.25. The highest BCUT2D eigenvalue weighted by Gasteiger charge is 2.05. The molecule has 2 aromatic rings. The highest BCUT2D eigenvalue weighted by atomic mass is 35.5. The van der Waals surface area contributed by atoms with Crippen molar-refractivity contribution in [3.05, 3.63) is 52.7 Å². The fraction of sp³-hybridized carbons (Fsp3) is 0.267. The van der Waals surface area contributed by atoms with Crippen LogP contribution in [0.5, 0.6) is 11.6 Å². The Morgan fingerprint density at radius 1 is 1.10 bits per heavy atom. The van der Waals surface area contributed by atoms with E-state index in [-0.39, 0.29) is 5.88 Å². The van der Waals surface area contributed by atoms with E-state index >= 15 is 0 Å². The van der Waals surface area contributed by atoms with Gasteiger partial charge in [-0.2, -0.15) is 0 Å². The van der Waals surface area contributed by atoms with E-state index in [1.807, 2.05) is 24.3 Å². The third kappa shape index (κ3) is 4.10. The molecule has 106 valence electrons. The van der Waals surface area contributed by atoms with Crippen LogP contribution in [-0.2, 0) is 17.0 Å². The second-order valence-electron chi connectivity index (χ2n) is 4.20. The van der Waals surface area contributed by atoms with Gasteiger partial charge in [0.2, 0.25) is 5.88 Å². The summed E-state index contributed by atoms with van der Waals surface area (Å²) in [6, 6.07) is 11.3. The average molecular weight is 312 g/mol. The molecule has 0 amide bonds. The maximum absolute atomic E-state index is 5.95. The van der Waals surface area contributed by atoms with Crippen molar-refractivity contribution < 1.29 is 9.47 Å². The van der Waals surface area contributed by atoms with Crippen molar-refractivity contribution in [1.29, 1.82) is 0 Å². The number of pyridine rings is 1. The number of halogens is 2. The Labute approximate surface area is 128 Å².